The number of ether oxygens (including phenoxy) is 2. The molecule has 2 atom stereocenters. The molecule has 0 aliphatic carbocycles. The molecule has 0 saturated carbocycles. The van der Waals surface area contributed by atoms with Gasteiger partial charge in [-0.15, -0.1) is 5.10 Å². The molecule has 10 nitrogen and oxygen atoms in total. The number of anilines is 1. The van der Waals surface area contributed by atoms with Gasteiger partial charge in [-0.2, -0.15) is 0 Å². The average Bonchev–Trinajstić information content (AvgIpc) is 3.09. The summed E-state index contributed by atoms with van der Waals surface area (Å²) in [4.78, 5) is 21.1. The Morgan fingerprint density at radius 3 is 2.63 bits per heavy atom. The maximum absolute atomic E-state index is 12.8. The lowest BCUT2D eigenvalue weighted by Gasteiger charge is -2.47. The SMILES string of the molecule is CC[C@@H]1CN(c2cc(O)nn3cc(CO)nc23)[C@@H](COC)CN1C(=O)OC(C)(C)C. The van der Waals surface area contributed by atoms with Crippen LogP contribution in [0.25, 0.3) is 5.65 Å². The molecule has 0 spiro atoms. The van der Waals surface area contributed by atoms with Gasteiger partial charge in [0.2, 0.25) is 5.88 Å². The predicted octanol–water partition coefficient (Wildman–Crippen LogP) is 1.78. The van der Waals surface area contributed by atoms with Gasteiger partial charge < -0.3 is 29.5 Å². The Morgan fingerprint density at radius 1 is 1.30 bits per heavy atom. The molecule has 0 aromatic carbocycles. The number of aliphatic hydroxyl groups is 1. The summed E-state index contributed by atoms with van der Waals surface area (Å²) in [5.74, 6) is -0.154. The second kappa shape index (κ2) is 8.65. The van der Waals surface area contributed by atoms with E-state index in [4.69, 9.17) is 9.47 Å². The van der Waals surface area contributed by atoms with E-state index in [2.05, 4.69) is 15.0 Å². The number of nitrogens with zero attached hydrogens (tertiary/aromatic N) is 5. The van der Waals surface area contributed by atoms with Gasteiger partial charge in [0, 0.05) is 26.3 Å². The van der Waals surface area contributed by atoms with Gasteiger partial charge in [0.1, 0.15) is 5.60 Å². The molecule has 1 aliphatic heterocycles. The van der Waals surface area contributed by atoms with Gasteiger partial charge in [-0.3, -0.25) is 0 Å². The minimum absolute atomic E-state index is 0.0874. The van der Waals surface area contributed by atoms with Crippen molar-refractivity contribution in [1.29, 1.82) is 0 Å². The fraction of sp³-hybridized carbons (Fsp3) is 0.650. The molecule has 1 fully saturated rings. The Hall–Kier alpha value is -2.59. The van der Waals surface area contributed by atoms with E-state index in [0.717, 1.165) is 6.42 Å². The van der Waals surface area contributed by atoms with Gasteiger partial charge in [-0.05, 0) is 27.2 Å². The van der Waals surface area contributed by atoms with Crippen LogP contribution < -0.4 is 4.90 Å². The van der Waals surface area contributed by atoms with E-state index in [-0.39, 0.29) is 30.7 Å². The fourth-order valence-corrected chi connectivity index (χ4v) is 3.76. The molecule has 0 unspecified atom stereocenters. The molecule has 2 aromatic rings. The minimum atomic E-state index is -0.580. The highest BCUT2D eigenvalue weighted by molar-refractivity contribution is 5.73. The Morgan fingerprint density at radius 2 is 2.03 bits per heavy atom. The molecule has 30 heavy (non-hydrogen) atoms. The normalized spacial score (nSPS) is 20.1. The Bertz CT molecular complexity index is 894. The lowest BCUT2D eigenvalue weighted by molar-refractivity contribution is 0.00645. The van der Waals surface area contributed by atoms with E-state index in [1.807, 2.05) is 27.7 Å². The van der Waals surface area contributed by atoms with E-state index in [1.54, 1.807) is 24.3 Å². The monoisotopic (exact) mass is 421 g/mol. The smallest absolute Gasteiger partial charge is 0.410 e. The molecule has 3 heterocycles. The standard InChI is InChI=1S/C20H31N5O5/c1-6-14-9-23(15(12-29-5)10-24(14)19(28)30-20(2,3)4)16-7-17(27)22-25-8-13(11-26)21-18(16)25/h7-8,14-15,26H,6,9-12H2,1-5H3,(H,22,27)/t14-,15-/m1/s1. The number of aliphatic hydroxyl groups excluding tert-OH is 1. The Kier molecular flexibility index (Phi) is 6.37. The second-order valence-corrected chi connectivity index (χ2v) is 8.50. The molecule has 1 aliphatic rings. The van der Waals surface area contributed by atoms with Gasteiger partial charge in [-0.1, -0.05) is 6.92 Å². The van der Waals surface area contributed by atoms with Crippen molar-refractivity contribution in [2.24, 2.45) is 0 Å². The zero-order chi connectivity index (χ0) is 22.1. The van der Waals surface area contributed by atoms with Gasteiger partial charge in [0.05, 0.1) is 42.9 Å². The van der Waals surface area contributed by atoms with Crippen LogP contribution in [-0.2, 0) is 16.1 Å². The van der Waals surface area contributed by atoms with Crippen molar-refractivity contribution in [2.75, 3.05) is 31.7 Å². The molecule has 1 saturated heterocycles. The maximum Gasteiger partial charge on any atom is 0.410 e. The lowest BCUT2D eigenvalue weighted by Crippen LogP contribution is -2.61. The van der Waals surface area contributed by atoms with Crippen LogP contribution in [0, 0.1) is 0 Å². The number of imidazole rings is 1. The number of fused-ring (bicyclic) bond motifs is 1. The summed E-state index contributed by atoms with van der Waals surface area (Å²) in [5, 5.41) is 23.7. The first-order valence-electron chi connectivity index (χ1n) is 10.1. The molecular formula is C20H31N5O5. The molecular weight excluding hydrogens is 390 g/mol. The highest BCUT2D eigenvalue weighted by Gasteiger charge is 2.38. The van der Waals surface area contributed by atoms with Crippen LogP contribution >= 0.6 is 0 Å². The number of hydrogen-bond donors (Lipinski definition) is 2. The van der Waals surface area contributed by atoms with Crippen LogP contribution in [0.1, 0.15) is 39.8 Å². The highest BCUT2D eigenvalue weighted by Crippen LogP contribution is 2.31. The molecule has 166 valence electrons. The number of hydrogen-bond acceptors (Lipinski definition) is 8. The van der Waals surface area contributed by atoms with E-state index < -0.39 is 5.60 Å². The van der Waals surface area contributed by atoms with E-state index in [9.17, 15) is 15.0 Å². The molecule has 2 N–H and O–H groups in total. The van der Waals surface area contributed by atoms with Crippen LogP contribution in [0.15, 0.2) is 12.3 Å². The third-order valence-electron chi connectivity index (χ3n) is 5.07. The molecule has 0 bridgehead atoms. The first kappa shape index (κ1) is 22.1. The summed E-state index contributed by atoms with van der Waals surface area (Å²) in [6.45, 7) is 8.64. The van der Waals surface area contributed by atoms with Crippen LogP contribution in [0.2, 0.25) is 0 Å². The second-order valence-electron chi connectivity index (χ2n) is 8.50. The molecule has 3 rings (SSSR count). The highest BCUT2D eigenvalue weighted by atomic mass is 16.6. The summed E-state index contributed by atoms with van der Waals surface area (Å²) in [6, 6.07) is 1.29. The van der Waals surface area contributed by atoms with Crippen LogP contribution in [0.5, 0.6) is 5.88 Å². The van der Waals surface area contributed by atoms with Crippen LogP contribution in [0.4, 0.5) is 10.5 Å². The predicted molar refractivity (Wildman–Crippen MR) is 111 cm³/mol. The summed E-state index contributed by atoms with van der Waals surface area (Å²) >= 11 is 0. The molecule has 2 aromatic heterocycles. The molecule has 10 heteroatoms. The number of carbonyl (C=O) groups excluding carboxylic acids is 1. The molecule has 1 amide bonds. The Balaban J connectivity index is 1.98. The minimum Gasteiger partial charge on any atom is -0.492 e. The van der Waals surface area contributed by atoms with Gasteiger partial charge in [-0.25, -0.2) is 14.3 Å². The third kappa shape index (κ3) is 4.59. The number of aromatic nitrogens is 3. The summed E-state index contributed by atoms with van der Waals surface area (Å²) in [6.07, 6.45) is 1.97. The van der Waals surface area contributed by atoms with Crippen molar-refractivity contribution in [3.63, 3.8) is 0 Å². The van der Waals surface area contributed by atoms with Gasteiger partial charge in [0.25, 0.3) is 0 Å². The largest absolute Gasteiger partial charge is 0.492 e. The first-order chi connectivity index (χ1) is 14.2. The van der Waals surface area contributed by atoms with Crippen molar-refractivity contribution in [3.05, 3.63) is 18.0 Å². The van der Waals surface area contributed by atoms with E-state index >= 15 is 0 Å². The van der Waals surface area contributed by atoms with Crippen molar-refractivity contribution in [3.8, 4) is 5.88 Å². The average molecular weight is 421 g/mol. The zero-order valence-corrected chi connectivity index (χ0v) is 18.2. The van der Waals surface area contributed by atoms with Crippen LogP contribution in [0.3, 0.4) is 0 Å². The number of rotatable bonds is 5. The van der Waals surface area contributed by atoms with Crippen LogP contribution in [-0.4, -0.2) is 80.3 Å². The lowest BCUT2D eigenvalue weighted by atomic mass is 10.0. The summed E-state index contributed by atoms with van der Waals surface area (Å²) in [5.41, 5.74) is 1.07. The summed E-state index contributed by atoms with van der Waals surface area (Å²) < 4.78 is 12.5. The number of amides is 1. The quantitative estimate of drug-likeness (QED) is 0.751. The van der Waals surface area contributed by atoms with E-state index in [0.29, 0.717) is 36.7 Å². The summed E-state index contributed by atoms with van der Waals surface area (Å²) in [7, 11) is 1.61. The number of carbonyl (C=O) groups is 1. The van der Waals surface area contributed by atoms with Gasteiger partial charge in [0.15, 0.2) is 5.65 Å². The van der Waals surface area contributed by atoms with Gasteiger partial charge >= 0.3 is 6.09 Å². The number of piperazine rings is 1. The molecule has 0 radical (unpaired) electrons. The Labute approximate surface area is 176 Å². The first-order valence-corrected chi connectivity index (χ1v) is 10.1. The zero-order valence-electron chi connectivity index (χ0n) is 18.2. The number of aromatic hydroxyl groups is 1. The van der Waals surface area contributed by atoms with Crippen molar-refractivity contribution in [1.82, 2.24) is 19.5 Å². The van der Waals surface area contributed by atoms with Crippen molar-refractivity contribution < 1.29 is 24.5 Å². The van der Waals surface area contributed by atoms with Crippen molar-refractivity contribution >= 4 is 17.4 Å². The topological polar surface area (TPSA) is 113 Å². The maximum atomic E-state index is 12.8. The fourth-order valence-electron chi connectivity index (χ4n) is 3.76. The van der Waals surface area contributed by atoms with Crippen molar-refractivity contribution in [2.45, 2.75) is 58.4 Å². The third-order valence-corrected chi connectivity index (χ3v) is 5.07. The number of methoxy groups -OCH3 is 1. The van der Waals surface area contributed by atoms with E-state index in [1.165, 1.54) is 4.52 Å².